The maximum Gasteiger partial charge on any atom is 0.341 e. The maximum absolute atomic E-state index is 11.2. The Hall–Kier alpha value is -1.64. The van der Waals surface area contributed by atoms with Crippen molar-refractivity contribution in [2.45, 2.75) is 6.61 Å². The van der Waals surface area contributed by atoms with E-state index in [0.29, 0.717) is 5.56 Å². The summed E-state index contributed by atoms with van der Waals surface area (Å²) in [6.45, 7) is 0.201. The van der Waals surface area contributed by atoms with E-state index in [-0.39, 0.29) is 22.9 Å². The summed E-state index contributed by atoms with van der Waals surface area (Å²) in [5.41, 5.74) is 1.09. The number of ether oxygens (including phenoxy) is 1. The Labute approximate surface area is 84.2 Å². The summed E-state index contributed by atoms with van der Waals surface area (Å²) in [5.74, 6) is -0.503. The molecule has 0 bridgehead atoms. The third-order valence-electron chi connectivity index (χ3n) is 1.94. The Morgan fingerprint density at radius 2 is 2.29 bits per heavy atom. The number of benzene rings is 1. The SMILES string of the molecule is O=C=Nc1c(Cl)ccc2c1C(=O)OC2. The van der Waals surface area contributed by atoms with Crippen LogP contribution in [0.25, 0.3) is 0 Å². The fraction of sp³-hybridized carbons (Fsp3) is 0.111. The molecule has 5 heteroatoms. The number of nitrogens with zero attached hydrogens (tertiary/aromatic N) is 1. The molecule has 0 aromatic heterocycles. The largest absolute Gasteiger partial charge is 0.457 e. The fourth-order valence-electron chi connectivity index (χ4n) is 1.33. The second-order valence-corrected chi connectivity index (χ2v) is 3.12. The van der Waals surface area contributed by atoms with Gasteiger partial charge in [0, 0.05) is 5.56 Å². The van der Waals surface area contributed by atoms with E-state index in [1.54, 1.807) is 12.1 Å². The van der Waals surface area contributed by atoms with E-state index in [9.17, 15) is 9.59 Å². The lowest BCUT2D eigenvalue weighted by atomic mass is 10.1. The maximum atomic E-state index is 11.2. The second kappa shape index (κ2) is 3.25. The fourth-order valence-corrected chi connectivity index (χ4v) is 1.53. The number of fused-ring (bicyclic) bond motifs is 1. The Kier molecular flexibility index (Phi) is 2.08. The standard InChI is InChI=1S/C9H4ClNO3/c10-6-2-1-5-3-14-9(13)7(5)8(6)11-4-12/h1-2H,3H2. The lowest BCUT2D eigenvalue weighted by Crippen LogP contribution is -1.94. The smallest absolute Gasteiger partial charge is 0.341 e. The van der Waals surface area contributed by atoms with E-state index < -0.39 is 5.97 Å². The van der Waals surface area contributed by atoms with Gasteiger partial charge in [-0.1, -0.05) is 17.7 Å². The quantitative estimate of drug-likeness (QED) is 0.404. The van der Waals surface area contributed by atoms with E-state index in [1.807, 2.05) is 0 Å². The third-order valence-corrected chi connectivity index (χ3v) is 2.24. The topological polar surface area (TPSA) is 55.7 Å². The molecule has 0 saturated carbocycles. The van der Waals surface area contributed by atoms with Crippen LogP contribution in [-0.2, 0) is 16.1 Å². The summed E-state index contributed by atoms with van der Waals surface area (Å²) in [4.78, 5) is 24.8. The lowest BCUT2D eigenvalue weighted by molar-refractivity contribution is 0.0535. The molecule has 0 fully saturated rings. The molecule has 1 aromatic rings. The van der Waals surface area contributed by atoms with Crippen molar-refractivity contribution < 1.29 is 14.3 Å². The number of hydrogen-bond donors (Lipinski definition) is 0. The first-order valence-corrected chi connectivity index (χ1v) is 4.18. The highest BCUT2D eigenvalue weighted by Gasteiger charge is 2.26. The molecular weight excluding hydrogens is 206 g/mol. The summed E-state index contributed by atoms with van der Waals surface area (Å²) in [6.07, 6.45) is 1.36. The van der Waals surface area contributed by atoms with Gasteiger partial charge in [-0.3, -0.25) is 0 Å². The van der Waals surface area contributed by atoms with Crippen LogP contribution < -0.4 is 0 Å². The van der Waals surface area contributed by atoms with E-state index in [1.165, 1.54) is 6.08 Å². The van der Waals surface area contributed by atoms with Crippen molar-refractivity contribution in [2.24, 2.45) is 4.99 Å². The number of carbonyl (C=O) groups is 1. The van der Waals surface area contributed by atoms with Crippen LogP contribution in [0.1, 0.15) is 15.9 Å². The minimum atomic E-state index is -0.503. The molecular formula is C9H4ClNO3. The average molecular weight is 210 g/mol. The van der Waals surface area contributed by atoms with Gasteiger partial charge in [0.05, 0.1) is 10.6 Å². The summed E-state index contributed by atoms with van der Waals surface area (Å²) in [6, 6.07) is 3.24. The van der Waals surface area contributed by atoms with Gasteiger partial charge >= 0.3 is 5.97 Å². The Bertz CT molecular complexity index is 463. The molecule has 0 N–H and O–H groups in total. The van der Waals surface area contributed by atoms with Gasteiger partial charge in [-0.05, 0) is 6.07 Å². The van der Waals surface area contributed by atoms with Crippen LogP contribution >= 0.6 is 11.6 Å². The minimum Gasteiger partial charge on any atom is -0.457 e. The van der Waals surface area contributed by atoms with Crippen molar-refractivity contribution in [1.29, 1.82) is 0 Å². The number of esters is 1. The van der Waals surface area contributed by atoms with Crippen molar-refractivity contribution in [3.63, 3.8) is 0 Å². The number of halogens is 1. The monoisotopic (exact) mass is 209 g/mol. The first-order valence-electron chi connectivity index (χ1n) is 3.80. The molecule has 0 spiro atoms. The van der Waals surface area contributed by atoms with Crippen LogP contribution in [-0.4, -0.2) is 12.0 Å². The molecule has 1 aliphatic heterocycles. The Balaban J connectivity index is 2.74. The number of cyclic esters (lactones) is 1. The van der Waals surface area contributed by atoms with E-state index in [2.05, 4.69) is 4.99 Å². The molecule has 14 heavy (non-hydrogen) atoms. The van der Waals surface area contributed by atoms with Crippen LogP contribution in [0, 0.1) is 0 Å². The highest BCUT2D eigenvalue weighted by atomic mass is 35.5. The predicted octanol–water partition coefficient (Wildman–Crippen LogP) is 1.98. The summed E-state index contributed by atoms with van der Waals surface area (Å²) >= 11 is 5.77. The Morgan fingerprint density at radius 3 is 3.00 bits per heavy atom. The van der Waals surface area contributed by atoms with Gasteiger partial charge in [0.15, 0.2) is 0 Å². The summed E-state index contributed by atoms with van der Waals surface area (Å²) in [5, 5.41) is 0.242. The zero-order valence-electron chi connectivity index (χ0n) is 6.91. The Morgan fingerprint density at radius 1 is 1.50 bits per heavy atom. The molecule has 70 valence electrons. The van der Waals surface area contributed by atoms with Crippen molar-refractivity contribution in [2.75, 3.05) is 0 Å². The molecule has 0 amide bonds. The molecule has 0 saturated heterocycles. The molecule has 2 rings (SSSR count). The van der Waals surface area contributed by atoms with Gasteiger partial charge in [0.2, 0.25) is 6.08 Å². The number of carbonyl (C=O) groups excluding carboxylic acids is 2. The summed E-state index contributed by atoms with van der Waals surface area (Å²) in [7, 11) is 0. The number of isocyanates is 1. The van der Waals surface area contributed by atoms with Gasteiger partial charge in [-0.25, -0.2) is 9.59 Å². The minimum absolute atomic E-state index is 0.140. The zero-order chi connectivity index (χ0) is 10.1. The first kappa shape index (κ1) is 8.94. The molecule has 0 aliphatic carbocycles. The van der Waals surface area contributed by atoms with Crippen LogP contribution in [0.3, 0.4) is 0 Å². The highest BCUT2D eigenvalue weighted by Crippen LogP contribution is 2.35. The van der Waals surface area contributed by atoms with E-state index in [4.69, 9.17) is 16.3 Å². The van der Waals surface area contributed by atoms with Crippen LogP contribution in [0.4, 0.5) is 5.69 Å². The number of hydrogen-bond acceptors (Lipinski definition) is 4. The van der Waals surface area contributed by atoms with E-state index in [0.717, 1.165) is 0 Å². The first-order chi connectivity index (χ1) is 6.74. The van der Waals surface area contributed by atoms with Gasteiger partial charge in [-0.15, -0.1) is 0 Å². The van der Waals surface area contributed by atoms with Crippen molar-refractivity contribution in [3.05, 3.63) is 28.3 Å². The van der Waals surface area contributed by atoms with Gasteiger partial charge in [0.25, 0.3) is 0 Å². The molecule has 4 nitrogen and oxygen atoms in total. The predicted molar refractivity (Wildman–Crippen MR) is 48.4 cm³/mol. The molecule has 0 radical (unpaired) electrons. The van der Waals surface area contributed by atoms with Crippen LogP contribution in [0.2, 0.25) is 5.02 Å². The molecule has 1 aliphatic rings. The van der Waals surface area contributed by atoms with Crippen LogP contribution in [0.15, 0.2) is 17.1 Å². The molecule has 1 aromatic carbocycles. The van der Waals surface area contributed by atoms with Crippen molar-refractivity contribution in [3.8, 4) is 0 Å². The second-order valence-electron chi connectivity index (χ2n) is 2.71. The third kappa shape index (κ3) is 1.21. The molecule has 0 unspecified atom stereocenters. The number of rotatable bonds is 1. The molecule has 0 atom stereocenters. The van der Waals surface area contributed by atoms with Crippen LogP contribution in [0.5, 0.6) is 0 Å². The highest BCUT2D eigenvalue weighted by molar-refractivity contribution is 6.34. The molecule has 1 heterocycles. The van der Waals surface area contributed by atoms with Gasteiger partial charge in [-0.2, -0.15) is 4.99 Å². The normalized spacial score (nSPS) is 13.1. The summed E-state index contributed by atoms with van der Waals surface area (Å²) < 4.78 is 4.78. The number of aliphatic imine (C=N–C) groups is 1. The van der Waals surface area contributed by atoms with Gasteiger partial charge in [0.1, 0.15) is 12.3 Å². The lowest BCUT2D eigenvalue weighted by Gasteiger charge is -1.99. The zero-order valence-corrected chi connectivity index (χ0v) is 7.67. The van der Waals surface area contributed by atoms with Gasteiger partial charge < -0.3 is 4.74 Å². The van der Waals surface area contributed by atoms with Crippen molar-refractivity contribution >= 4 is 29.3 Å². The average Bonchev–Trinajstić information content (AvgIpc) is 2.53. The van der Waals surface area contributed by atoms with Crippen molar-refractivity contribution in [1.82, 2.24) is 0 Å². The van der Waals surface area contributed by atoms with E-state index >= 15 is 0 Å².